The van der Waals surface area contributed by atoms with Gasteiger partial charge in [-0.3, -0.25) is 0 Å². The molecule has 1 aromatic carbocycles. The van der Waals surface area contributed by atoms with E-state index in [0.717, 1.165) is 32.3 Å². The molecular formula is C14H9BrClN3. The average Bonchev–Trinajstić information content (AvgIpc) is 2.38. The van der Waals surface area contributed by atoms with Gasteiger partial charge >= 0.3 is 0 Å². The molecule has 0 amide bonds. The molecule has 0 spiro atoms. The zero-order chi connectivity index (χ0) is 13.4. The van der Waals surface area contributed by atoms with E-state index in [1.165, 1.54) is 0 Å². The molecule has 0 aliphatic carbocycles. The summed E-state index contributed by atoms with van der Waals surface area (Å²) in [5, 5.41) is 1.64. The van der Waals surface area contributed by atoms with Gasteiger partial charge in [0.05, 0.1) is 10.5 Å². The minimum Gasteiger partial charge on any atom is -0.245 e. The van der Waals surface area contributed by atoms with E-state index in [9.17, 15) is 0 Å². The van der Waals surface area contributed by atoms with Crippen molar-refractivity contribution in [1.82, 2.24) is 15.0 Å². The fourth-order valence-corrected chi connectivity index (χ4v) is 3.11. The number of aryl methyl sites for hydroxylation is 1. The molecule has 0 bridgehead atoms. The molecule has 2 heterocycles. The number of pyridine rings is 1. The number of hydrogen-bond acceptors (Lipinski definition) is 3. The van der Waals surface area contributed by atoms with Crippen LogP contribution in [0.5, 0.6) is 0 Å². The Bertz CT molecular complexity index is 745. The van der Waals surface area contributed by atoms with Crippen molar-refractivity contribution in [2.45, 2.75) is 6.92 Å². The Kier molecular flexibility index (Phi) is 3.21. The second-order valence-corrected chi connectivity index (χ2v) is 5.37. The van der Waals surface area contributed by atoms with Crippen LogP contribution < -0.4 is 0 Å². The van der Waals surface area contributed by atoms with E-state index in [2.05, 4.69) is 30.9 Å². The van der Waals surface area contributed by atoms with E-state index >= 15 is 0 Å². The second-order valence-electron chi connectivity index (χ2n) is 4.15. The SMILES string of the molecule is Cc1nc(Br)cc(Cl)c1-c1cccc2cncnc12. The first kappa shape index (κ1) is 12.5. The van der Waals surface area contributed by atoms with Gasteiger partial charge in [-0.1, -0.05) is 29.8 Å². The van der Waals surface area contributed by atoms with Crippen LogP contribution in [0.1, 0.15) is 5.69 Å². The van der Waals surface area contributed by atoms with E-state index in [1.54, 1.807) is 18.6 Å². The van der Waals surface area contributed by atoms with Gasteiger partial charge in [-0.15, -0.1) is 0 Å². The smallest absolute Gasteiger partial charge is 0.116 e. The van der Waals surface area contributed by atoms with Crippen molar-refractivity contribution in [2.75, 3.05) is 0 Å². The monoisotopic (exact) mass is 333 g/mol. The Labute approximate surface area is 123 Å². The van der Waals surface area contributed by atoms with Crippen molar-refractivity contribution >= 4 is 38.4 Å². The maximum absolute atomic E-state index is 6.36. The average molecular weight is 335 g/mol. The van der Waals surface area contributed by atoms with Crippen LogP contribution in [0.25, 0.3) is 22.0 Å². The largest absolute Gasteiger partial charge is 0.245 e. The third-order valence-electron chi connectivity index (χ3n) is 2.92. The third kappa shape index (κ3) is 2.22. The summed E-state index contributed by atoms with van der Waals surface area (Å²) in [6.07, 6.45) is 3.34. The highest BCUT2D eigenvalue weighted by atomic mass is 79.9. The number of rotatable bonds is 1. The van der Waals surface area contributed by atoms with Crippen molar-refractivity contribution in [3.8, 4) is 11.1 Å². The van der Waals surface area contributed by atoms with E-state index in [1.807, 2.05) is 25.1 Å². The molecule has 2 aromatic heterocycles. The summed E-state index contributed by atoms with van der Waals surface area (Å²) in [5.74, 6) is 0. The summed E-state index contributed by atoms with van der Waals surface area (Å²) >= 11 is 9.70. The molecular weight excluding hydrogens is 326 g/mol. The molecule has 0 aliphatic rings. The molecule has 0 N–H and O–H groups in total. The summed E-state index contributed by atoms with van der Waals surface area (Å²) in [5.41, 5.74) is 3.63. The fraction of sp³-hybridized carbons (Fsp3) is 0.0714. The number of para-hydroxylation sites is 1. The Morgan fingerprint density at radius 1 is 1.26 bits per heavy atom. The summed E-state index contributed by atoms with van der Waals surface area (Å²) in [6, 6.07) is 7.75. The standard InChI is InChI=1S/C14H9BrClN3/c1-8-13(11(16)5-12(15)19-8)10-4-2-3-9-6-17-7-18-14(9)10/h2-7H,1H3. The van der Waals surface area contributed by atoms with Gasteiger partial charge in [0.15, 0.2) is 0 Å². The molecule has 0 radical (unpaired) electrons. The van der Waals surface area contributed by atoms with Crippen LogP contribution in [0.4, 0.5) is 0 Å². The Morgan fingerprint density at radius 2 is 2.11 bits per heavy atom. The molecule has 0 unspecified atom stereocenters. The van der Waals surface area contributed by atoms with Crippen LogP contribution in [-0.2, 0) is 0 Å². The molecule has 5 heteroatoms. The first-order valence-electron chi connectivity index (χ1n) is 5.68. The van der Waals surface area contributed by atoms with Crippen LogP contribution >= 0.6 is 27.5 Å². The minimum absolute atomic E-state index is 0.658. The van der Waals surface area contributed by atoms with Crippen LogP contribution in [0.2, 0.25) is 5.02 Å². The number of nitrogens with zero attached hydrogens (tertiary/aromatic N) is 3. The highest BCUT2D eigenvalue weighted by Gasteiger charge is 2.13. The van der Waals surface area contributed by atoms with Crippen LogP contribution in [-0.4, -0.2) is 15.0 Å². The lowest BCUT2D eigenvalue weighted by Gasteiger charge is -2.10. The number of halogens is 2. The first-order valence-corrected chi connectivity index (χ1v) is 6.85. The number of hydrogen-bond donors (Lipinski definition) is 0. The van der Waals surface area contributed by atoms with Gasteiger partial charge < -0.3 is 0 Å². The minimum atomic E-state index is 0.658. The van der Waals surface area contributed by atoms with E-state index in [4.69, 9.17) is 11.6 Å². The molecule has 0 atom stereocenters. The maximum atomic E-state index is 6.36. The molecule has 0 aliphatic heterocycles. The number of benzene rings is 1. The van der Waals surface area contributed by atoms with Gasteiger partial charge in [0.2, 0.25) is 0 Å². The van der Waals surface area contributed by atoms with Gasteiger partial charge in [-0.05, 0) is 28.9 Å². The second kappa shape index (κ2) is 4.87. The van der Waals surface area contributed by atoms with Crippen molar-refractivity contribution in [3.63, 3.8) is 0 Å². The molecule has 0 saturated heterocycles. The summed E-state index contributed by atoms with van der Waals surface area (Å²) < 4.78 is 0.730. The lowest BCUT2D eigenvalue weighted by molar-refractivity contribution is 1.17. The summed E-state index contributed by atoms with van der Waals surface area (Å²) in [7, 11) is 0. The normalized spacial score (nSPS) is 10.9. The Morgan fingerprint density at radius 3 is 2.89 bits per heavy atom. The van der Waals surface area contributed by atoms with Crippen molar-refractivity contribution in [2.24, 2.45) is 0 Å². The van der Waals surface area contributed by atoms with Crippen LogP contribution in [0.15, 0.2) is 41.4 Å². The molecule has 3 rings (SSSR count). The molecule has 3 nitrogen and oxygen atoms in total. The lowest BCUT2D eigenvalue weighted by atomic mass is 10.0. The molecule has 3 aromatic rings. The van der Waals surface area contributed by atoms with E-state index < -0.39 is 0 Å². The van der Waals surface area contributed by atoms with E-state index in [0.29, 0.717) is 5.02 Å². The first-order chi connectivity index (χ1) is 9.16. The molecule has 19 heavy (non-hydrogen) atoms. The number of aromatic nitrogens is 3. The van der Waals surface area contributed by atoms with Gasteiger partial charge in [-0.25, -0.2) is 15.0 Å². The lowest BCUT2D eigenvalue weighted by Crippen LogP contribution is -1.93. The van der Waals surface area contributed by atoms with Crippen molar-refractivity contribution in [1.29, 1.82) is 0 Å². The third-order valence-corrected chi connectivity index (χ3v) is 3.63. The Hall–Kier alpha value is -1.52. The highest BCUT2D eigenvalue weighted by Crippen LogP contribution is 2.35. The Balaban J connectivity index is 2.37. The van der Waals surface area contributed by atoms with Crippen molar-refractivity contribution in [3.05, 3.63) is 52.1 Å². The molecule has 0 saturated carbocycles. The molecule has 0 fully saturated rings. The fourth-order valence-electron chi connectivity index (χ4n) is 2.14. The van der Waals surface area contributed by atoms with Gasteiger partial charge in [-0.2, -0.15) is 0 Å². The molecule has 94 valence electrons. The predicted octanol–water partition coefficient (Wildman–Crippen LogP) is 4.42. The maximum Gasteiger partial charge on any atom is 0.116 e. The predicted molar refractivity (Wildman–Crippen MR) is 80.2 cm³/mol. The highest BCUT2D eigenvalue weighted by molar-refractivity contribution is 9.10. The zero-order valence-electron chi connectivity index (χ0n) is 10.1. The van der Waals surface area contributed by atoms with E-state index in [-0.39, 0.29) is 0 Å². The van der Waals surface area contributed by atoms with Gasteiger partial charge in [0.25, 0.3) is 0 Å². The van der Waals surface area contributed by atoms with Crippen LogP contribution in [0, 0.1) is 6.92 Å². The van der Waals surface area contributed by atoms with Gasteiger partial charge in [0.1, 0.15) is 10.9 Å². The van der Waals surface area contributed by atoms with Crippen LogP contribution in [0.3, 0.4) is 0 Å². The van der Waals surface area contributed by atoms with Gasteiger partial charge in [0, 0.05) is 28.4 Å². The quantitative estimate of drug-likeness (QED) is 0.618. The van der Waals surface area contributed by atoms with Crippen molar-refractivity contribution < 1.29 is 0 Å². The number of fused-ring (bicyclic) bond motifs is 1. The summed E-state index contributed by atoms with van der Waals surface area (Å²) in [6.45, 7) is 1.94. The summed E-state index contributed by atoms with van der Waals surface area (Å²) in [4.78, 5) is 12.8. The zero-order valence-corrected chi connectivity index (χ0v) is 12.4. The topological polar surface area (TPSA) is 38.7 Å².